The van der Waals surface area contributed by atoms with Crippen LogP contribution in [0.25, 0.3) is 0 Å². The van der Waals surface area contributed by atoms with Crippen molar-refractivity contribution in [1.29, 1.82) is 0 Å². The van der Waals surface area contributed by atoms with Crippen LogP contribution in [0.3, 0.4) is 0 Å². The third-order valence-corrected chi connectivity index (χ3v) is 4.50. The zero-order valence-corrected chi connectivity index (χ0v) is 15.1. The van der Waals surface area contributed by atoms with E-state index in [9.17, 15) is 0 Å². The molecule has 3 aromatic rings. The predicted octanol–water partition coefficient (Wildman–Crippen LogP) is 4.16. The second kappa shape index (κ2) is 8.48. The number of hydrogen-bond acceptors (Lipinski definition) is 5. The summed E-state index contributed by atoms with van der Waals surface area (Å²) < 4.78 is 7.40. The zero-order chi connectivity index (χ0) is 17.5. The molecule has 2 aromatic carbocycles. The van der Waals surface area contributed by atoms with Crippen LogP contribution in [-0.2, 0) is 5.75 Å². The molecule has 6 heteroatoms. The van der Waals surface area contributed by atoms with Crippen molar-refractivity contribution in [2.24, 2.45) is 5.10 Å². The van der Waals surface area contributed by atoms with Crippen molar-refractivity contribution in [2.75, 3.05) is 6.61 Å². The maximum atomic E-state index is 5.64. The topological polar surface area (TPSA) is 52.3 Å². The fourth-order valence-electron chi connectivity index (χ4n) is 2.28. The molecule has 25 heavy (non-hydrogen) atoms. The van der Waals surface area contributed by atoms with Crippen molar-refractivity contribution >= 4 is 18.0 Å². The van der Waals surface area contributed by atoms with Gasteiger partial charge in [-0.3, -0.25) is 0 Å². The lowest BCUT2D eigenvalue weighted by Crippen LogP contribution is -1.99. The minimum atomic E-state index is 0.620. The number of rotatable bonds is 7. The second-order valence-corrected chi connectivity index (χ2v) is 6.27. The van der Waals surface area contributed by atoms with Gasteiger partial charge in [0.1, 0.15) is 5.75 Å². The molecule has 0 bridgehead atoms. The molecule has 5 nitrogen and oxygen atoms in total. The van der Waals surface area contributed by atoms with Gasteiger partial charge in [0.25, 0.3) is 0 Å². The highest BCUT2D eigenvalue weighted by Crippen LogP contribution is 2.22. The Kier molecular flexibility index (Phi) is 5.85. The maximum Gasteiger partial charge on any atom is 0.212 e. The zero-order valence-electron chi connectivity index (χ0n) is 14.3. The van der Waals surface area contributed by atoms with Crippen LogP contribution in [0.5, 0.6) is 5.75 Å². The molecule has 0 saturated carbocycles. The van der Waals surface area contributed by atoms with E-state index in [1.54, 1.807) is 22.7 Å². The number of nitrogens with zero attached hydrogens (tertiary/aromatic N) is 4. The minimum absolute atomic E-state index is 0.620. The SMILES string of the molecule is CCOc1ccccc1/C=N/n1c(C)nnc1SCc1ccccc1. The molecule has 0 amide bonds. The molecular weight excluding hydrogens is 332 g/mol. The summed E-state index contributed by atoms with van der Waals surface area (Å²) in [5, 5.41) is 13.7. The van der Waals surface area contributed by atoms with E-state index in [0.29, 0.717) is 6.61 Å². The van der Waals surface area contributed by atoms with Gasteiger partial charge in [-0.2, -0.15) is 9.78 Å². The van der Waals surface area contributed by atoms with Gasteiger partial charge in [0, 0.05) is 11.3 Å². The normalized spacial score (nSPS) is 11.1. The summed E-state index contributed by atoms with van der Waals surface area (Å²) in [5.41, 5.74) is 2.17. The van der Waals surface area contributed by atoms with Crippen LogP contribution in [0, 0.1) is 6.92 Å². The summed E-state index contributed by atoms with van der Waals surface area (Å²) in [6.07, 6.45) is 1.79. The van der Waals surface area contributed by atoms with E-state index in [1.807, 2.05) is 56.3 Å². The summed E-state index contributed by atoms with van der Waals surface area (Å²) in [5.74, 6) is 2.39. The van der Waals surface area contributed by atoms with Crippen LogP contribution < -0.4 is 4.74 Å². The smallest absolute Gasteiger partial charge is 0.212 e. The van der Waals surface area contributed by atoms with Crippen molar-refractivity contribution in [1.82, 2.24) is 14.9 Å². The van der Waals surface area contributed by atoms with Crippen molar-refractivity contribution in [3.63, 3.8) is 0 Å². The fraction of sp³-hybridized carbons (Fsp3) is 0.211. The first-order valence-corrected chi connectivity index (χ1v) is 9.11. The summed E-state index contributed by atoms with van der Waals surface area (Å²) in [7, 11) is 0. The van der Waals surface area contributed by atoms with E-state index in [1.165, 1.54) is 5.56 Å². The first kappa shape index (κ1) is 17.2. The van der Waals surface area contributed by atoms with Crippen molar-refractivity contribution < 1.29 is 4.74 Å². The molecule has 0 atom stereocenters. The number of para-hydroxylation sites is 1. The van der Waals surface area contributed by atoms with Crippen LogP contribution in [-0.4, -0.2) is 27.7 Å². The highest BCUT2D eigenvalue weighted by molar-refractivity contribution is 7.98. The number of benzene rings is 2. The minimum Gasteiger partial charge on any atom is -0.493 e. The van der Waals surface area contributed by atoms with E-state index >= 15 is 0 Å². The largest absolute Gasteiger partial charge is 0.493 e. The van der Waals surface area contributed by atoms with Gasteiger partial charge in [-0.15, -0.1) is 10.2 Å². The average molecular weight is 352 g/mol. The van der Waals surface area contributed by atoms with E-state index in [2.05, 4.69) is 27.4 Å². The molecular formula is C19H20N4OS. The quantitative estimate of drug-likeness (QED) is 0.473. The number of thioether (sulfide) groups is 1. The highest BCUT2D eigenvalue weighted by Gasteiger charge is 2.09. The Morgan fingerprint density at radius 2 is 1.84 bits per heavy atom. The molecule has 0 aliphatic carbocycles. The molecule has 128 valence electrons. The van der Waals surface area contributed by atoms with Gasteiger partial charge in [-0.25, -0.2) is 0 Å². The predicted molar refractivity (Wildman–Crippen MR) is 101 cm³/mol. The Balaban J connectivity index is 1.78. The van der Waals surface area contributed by atoms with Gasteiger partial charge < -0.3 is 4.74 Å². The lowest BCUT2D eigenvalue weighted by molar-refractivity contribution is 0.340. The van der Waals surface area contributed by atoms with Crippen LogP contribution in [0.2, 0.25) is 0 Å². The standard InChI is InChI=1S/C19H20N4OS/c1-3-24-18-12-8-7-11-17(18)13-20-23-15(2)21-22-19(23)25-14-16-9-5-4-6-10-16/h4-13H,3,14H2,1-2H3/b20-13+. The first-order valence-electron chi connectivity index (χ1n) is 8.13. The number of hydrogen-bond donors (Lipinski definition) is 0. The molecule has 0 saturated heterocycles. The number of aromatic nitrogens is 3. The lowest BCUT2D eigenvalue weighted by Gasteiger charge is -2.06. The van der Waals surface area contributed by atoms with Crippen molar-refractivity contribution in [3.8, 4) is 5.75 Å². The number of ether oxygens (including phenoxy) is 1. The van der Waals surface area contributed by atoms with Crippen LogP contribution in [0.4, 0.5) is 0 Å². The van der Waals surface area contributed by atoms with Gasteiger partial charge in [0.05, 0.1) is 12.8 Å². The lowest BCUT2D eigenvalue weighted by atomic mass is 10.2. The highest BCUT2D eigenvalue weighted by atomic mass is 32.2. The van der Waals surface area contributed by atoms with Gasteiger partial charge in [-0.05, 0) is 31.5 Å². The Morgan fingerprint density at radius 1 is 1.08 bits per heavy atom. The third kappa shape index (κ3) is 4.48. The Hall–Kier alpha value is -2.60. The van der Waals surface area contributed by atoms with Crippen LogP contribution in [0.1, 0.15) is 23.9 Å². The van der Waals surface area contributed by atoms with E-state index in [-0.39, 0.29) is 0 Å². The fourth-order valence-corrected chi connectivity index (χ4v) is 3.17. The summed E-state index contributed by atoms with van der Waals surface area (Å²) >= 11 is 1.61. The van der Waals surface area contributed by atoms with Gasteiger partial charge in [0.2, 0.25) is 5.16 Å². The van der Waals surface area contributed by atoms with Gasteiger partial charge >= 0.3 is 0 Å². The van der Waals surface area contributed by atoms with Crippen LogP contribution >= 0.6 is 11.8 Å². The van der Waals surface area contributed by atoms with E-state index in [0.717, 1.165) is 28.0 Å². The molecule has 0 spiro atoms. The molecule has 0 radical (unpaired) electrons. The molecule has 0 N–H and O–H groups in total. The summed E-state index contributed by atoms with van der Waals surface area (Å²) in [4.78, 5) is 0. The maximum absolute atomic E-state index is 5.64. The molecule has 1 heterocycles. The van der Waals surface area contributed by atoms with Gasteiger partial charge in [-0.1, -0.05) is 54.2 Å². The molecule has 1 aromatic heterocycles. The Bertz CT molecular complexity index is 846. The summed E-state index contributed by atoms with van der Waals surface area (Å²) in [6, 6.07) is 18.1. The molecule has 0 aliphatic rings. The third-order valence-electron chi connectivity index (χ3n) is 3.51. The average Bonchev–Trinajstić information content (AvgIpc) is 3.00. The van der Waals surface area contributed by atoms with E-state index in [4.69, 9.17) is 4.74 Å². The van der Waals surface area contributed by atoms with Gasteiger partial charge in [0.15, 0.2) is 5.82 Å². The summed E-state index contributed by atoms with van der Waals surface area (Å²) in [6.45, 7) is 4.48. The molecule has 0 fully saturated rings. The first-order chi connectivity index (χ1) is 12.3. The van der Waals surface area contributed by atoms with E-state index < -0.39 is 0 Å². The Labute approximate surface area is 151 Å². The second-order valence-electron chi connectivity index (χ2n) is 5.33. The molecule has 0 unspecified atom stereocenters. The number of aryl methyl sites for hydroxylation is 1. The van der Waals surface area contributed by atoms with Crippen LogP contribution in [0.15, 0.2) is 64.9 Å². The monoisotopic (exact) mass is 352 g/mol. The van der Waals surface area contributed by atoms with Crippen molar-refractivity contribution in [2.45, 2.75) is 24.8 Å². The molecule has 3 rings (SSSR count). The van der Waals surface area contributed by atoms with Crippen molar-refractivity contribution in [3.05, 3.63) is 71.5 Å². The molecule has 0 aliphatic heterocycles. The Morgan fingerprint density at radius 3 is 2.64 bits per heavy atom.